The molecule has 4 aromatic rings. The van der Waals surface area contributed by atoms with Gasteiger partial charge in [-0.1, -0.05) is 30.3 Å². The van der Waals surface area contributed by atoms with Crippen LogP contribution in [0.15, 0.2) is 59.0 Å². The molecule has 1 amide bonds. The molecule has 1 aliphatic heterocycles. The molecule has 2 aromatic heterocycles. The number of para-hydroxylation sites is 3. The summed E-state index contributed by atoms with van der Waals surface area (Å²) in [6, 6.07) is 17.9. The molecular formula is C25H23N3O2. The lowest BCUT2D eigenvalue weighted by Crippen LogP contribution is -2.38. The minimum Gasteiger partial charge on any atom is -0.440 e. The van der Waals surface area contributed by atoms with Gasteiger partial charge in [-0.15, -0.1) is 0 Å². The number of carbonyl (C=O) groups excluding carboxylic acids is 1. The highest BCUT2D eigenvalue weighted by Gasteiger charge is 2.30. The molecule has 6 rings (SSSR count). The summed E-state index contributed by atoms with van der Waals surface area (Å²) >= 11 is 0. The minimum atomic E-state index is 0.117. The van der Waals surface area contributed by atoms with Crippen LogP contribution in [0.3, 0.4) is 0 Å². The third-order valence-corrected chi connectivity index (χ3v) is 6.40. The first kappa shape index (κ1) is 17.6. The zero-order valence-corrected chi connectivity index (χ0v) is 16.8. The highest BCUT2D eigenvalue weighted by Crippen LogP contribution is 2.40. The van der Waals surface area contributed by atoms with E-state index in [1.807, 2.05) is 59.5 Å². The van der Waals surface area contributed by atoms with Crippen molar-refractivity contribution in [2.75, 3.05) is 13.1 Å². The molecule has 0 atom stereocenters. The van der Waals surface area contributed by atoms with Crippen LogP contribution in [-0.4, -0.2) is 33.9 Å². The van der Waals surface area contributed by atoms with E-state index in [0.29, 0.717) is 5.92 Å². The molecule has 1 aliphatic carbocycles. The van der Waals surface area contributed by atoms with Gasteiger partial charge in [0.05, 0.1) is 11.1 Å². The summed E-state index contributed by atoms with van der Waals surface area (Å²) in [6.45, 7) is 1.44. The van der Waals surface area contributed by atoms with Gasteiger partial charge in [0, 0.05) is 36.0 Å². The van der Waals surface area contributed by atoms with Crippen LogP contribution in [0.2, 0.25) is 0 Å². The van der Waals surface area contributed by atoms with Crippen molar-refractivity contribution in [3.63, 3.8) is 0 Å². The van der Waals surface area contributed by atoms with E-state index >= 15 is 0 Å². The largest absolute Gasteiger partial charge is 0.440 e. The van der Waals surface area contributed by atoms with Crippen molar-refractivity contribution >= 4 is 27.9 Å². The Hall–Kier alpha value is -3.21. The van der Waals surface area contributed by atoms with Gasteiger partial charge in [0.15, 0.2) is 11.5 Å². The molecule has 0 unspecified atom stereocenters. The lowest BCUT2D eigenvalue weighted by molar-refractivity contribution is 0.0708. The number of fused-ring (bicyclic) bond motifs is 2. The number of pyridine rings is 1. The quantitative estimate of drug-likeness (QED) is 0.472. The first-order valence-corrected chi connectivity index (χ1v) is 10.8. The molecule has 2 aromatic carbocycles. The Morgan fingerprint density at radius 1 is 0.867 bits per heavy atom. The predicted molar refractivity (Wildman–Crippen MR) is 116 cm³/mol. The van der Waals surface area contributed by atoms with Crippen LogP contribution in [0.25, 0.3) is 22.0 Å². The van der Waals surface area contributed by atoms with Crippen LogP contribution in [0.5, 0.6) is 0 Å². The third-order valence-electron chi connectivity index (χ3n) is 6.40. The van der Waals surface area contributed by atoms with Crippen molar-refractivity contribution in [2.45, 2.75) is 37.5 Å². The molecule has 0 radical (unpaired) electrons. The topological polar surface area (TPSA) is 59.2 Å². The van der Waals surface area contributed by atoms with Crippen molar-refractivity contribution in [1.82, 2.24) is 14.9 Å². The molecule has 5 heteroatoms. The van der Waals surface area contributed by atoms with Gasteiger partial charge >= 0.3 is 0 Å². The SMILES string of the molecule is O=C(c1cc(C2CC2)nc2ccccc12)N1CCC(c2nc3ccccc3o2)CC1. The van der Waals surface area contributed by atoms with Crippen LogP contribution >= 0.6 is 0 Å². The summed E-state index contributed by atoms with van der Waals surface area (Å²) < 4.78 is 5.97. The maximum absolute atomic E-state index is 13.5. The van der Waals surface area contributed by atoms with E-state index in [9.17, 15) is 4.79 Å². The van der Waals surface area contributed by atoms with Crippen molar-refractivity contribution in [1.29, 1.82) is 0 Å². The summed E-state index contributed by atoms with van der Waals surface area (Å²) in [5, 5.41) is 0.952. The zero-order valence-electron chi connectivity index (χ0n) is 16.8. The molecule has 0 N–H and O–H groups in total. The molecule has 0 bridgehead atoms. The van der Waals surface area contributed by atoms with Gasteiger partial charge in [0.25, 0.3) is 5.91 Å². The lowest BCUT2D eigenvalue weighted by atomic mass is 9.95. The van der Waals surface area contributed by atoms with Crippen molar-refractivity contribution in [2.24, 2.45) is 0 Å². The fraction of sp³-hybridized carbons (Fsp3) is 0.320. The number of amides is 1. The maximum Gasteiger partial charge on any atom is 0.254 e. The summed E-state index contributed by atoms with van der Waals surface area (Å²) in [4.78, 5) is 24.9. The van der Waals surface area contributed by atoms with Crippen molar-refractivity contribution in [3.8, 4) is 0 Å². The average Bonchev–Trinajstić information content (AvgIpc) is 3.56. The molecular weight excluding hydrogens is 374 g/mol. The Morgan fingerprint density at radius 2 is 1.60 bits per heavy atom. The molecule has 1 saturated heterocycles. The average molecular weight is 397 g/mol. The number of oxazole rings is 1. The van der Waals surface area contributed by atoms with E-state index in [4.69, 9.17) is 9.40 Å². The van der Waals surface area contributed by atoms with Gasteiger partial charge in [0.1, 0.15) is 5.52 Å². The van der Waals surface area contributed by atoms with E-state index in [0.717, 1.165) is 65.1 Å². The fourth-order valence-electron chi connectivity index (χ4n) is 4.53. The fourth-order valence-corrected chi connectivity index (χ4v) is 4.53. The van der Waals surface area contributed by atoms with Crippen LogP contribution in [0, 0.1) is 0 Å². The number of nitrogens with zero attached hydrogens (tertiary/aromatic N) is 3. The van der Waals surface area contributed by atoms with Gasteiger partial charge < -0.3 is 9.32 Å². The normalized spacial score (nSPS) is 17.7. The first-order valence-electron chi connectivity index (χ1n) is 10.8. The number of benzene rings is 2. The molecule has 30 heavy (non-hydrogen) atoms. The number of hydrogen-bond acceptors (Lipinski definition) is 4. The van der Waals surface area contributed by atoms with Gasteiger partial charge in [-0.3, -0.25) is 9.78 Å². The van der Waals surface area contributed by atoms with Crippen molar-refractivity contribution in [3.05, 3.63) is 71.7 Å². The van der Waals surface area contributed by atoms with E-state index in [-0.39, 0.29) is 11.8 Å². The lowest BCUT2D eigenvalue weighted by Gasteiger charge is -2.31. The summed E-state index contributed by atoms with van der Waals surface area (Å²) in [7, 11) is 0. The zero-order chi connectivity index (χ0) is 20.1. The Labute approximate surface area is 174 Å². The van der Waals surface area contributed by atoms with Gasteiger partial charge in [0.2, 0.25) is 0 Å². The minimum absolute atomic E-state index is 0.117. The molecule has 3 heterocycles. The monoisotopic (exact) mass is 397 g/mol. The Morgan fingerprint density at radius 3 is 2.37 bits per heavy atom. The Bertz CT molecular complexity index is 1220. The second kappa shape index (κ2) is 6.94. The molecule has 0 spiro atoms. The summed E-state index contributed by atoms with van der Waals surface area (Å²) in [5.41, 5.74) is 4.52. The molecule has 2 aliphatic rings. The second-order valence-electron chi connectivity index (χ2n) is 8.47. The number of rotatable bonds is 3. The first-order chi connectivity index (χ1) is 14.8. The number of aromatic nitrogens is 2. The summed E-state index contributed by atoms with van der Waals surface area (Å²) in [6.07, 6.45) is 4.10. The number of carbonyl (C=O) groups is 1. The Kier molecular flexibility index (Phi) is 4.08. The molecule has 5 nitrogen and oxygen atoms in total. The number of hydrogen-bond donors (Lipinski definition) is 0. The highest BCUT2D eigenvalue weighted by atomic mass is 16.3. The van der Waals surface area contributed by atoms with Crippen LogP contribution in [-0.2, 0) is 0 Å². The Balaban J connectivity index is 1.24. The number of piperidine rings is 1. The standard InChI is InChI=1S/C25H23N3O2/c29-25(19-15-22(16-9-10-16)26-20-6-2-1-5-18(19)20)28-13-11-17(12-14-28)24-27-21-7-3-4-8-23(21)30-24/h1-8,15-17H,9-14H2. The molecule has 150 valence electrons. The van der Waals surface area contributed by atoms with Gasteiger partial charge in [-0.25, -0.2) is 4.98 Å². The molecule has 1 saturated carbocycles. The van der Waals surface area contributed by atoms with E-state index in [1.165, 1.54) is 12.8 Å². The third kappa shape index (κ3) is 3.05. The predicted octanol–water partition coefficient (Wildman–Crippen LogP) is 5.27. The van der Waals surface area contributed by atoms with Crippen LogP contribution in [0.4, 0.5) is 0 Å². The maximum atomic E-state index is 13.5. The van der Waals surface area contributed by atoms with Crippen molar-refractivity contribution < 1.29 is 9.21 Å². The highest BCUT2D eigenvalue weighted by molar-refractivity contribution is 6.06. The number of likely N-dealkylation sites (tertiary alicyclic amines) is 1. The van der Waals surface area contributed by atoms with E-state index in [2.05, 4.69) is 4.98 Å². The van der Waals surface area contributed by atoms with Crippen LogP contribution in [0.1, 0.15) is 59.5 Å². The molecule has 2 fully saturated rings. The van der Waals surface area contributed by atoms with E-state index in [1.54, 1.807) is 0 Å². The smallest absolute Gasteiger partial charge is 0.254 e. The van der Waals surface area contributed by atoms with Gasteiger partial charge in [-0.05, 0) is 49.9 Å². The summed E-state index contributed by atoms with van der Waals surface area (Å²) in [5.74, 6) is 1.70. The van der Waals surface area contributed by atoms with Gasteiger partial charge in [-0.2, -0.15) is 0 Å². The van der Waals surface area contributed by atoms with E-state index < -0.39 is 0 Å². The second-order valence-corrected chi connectivity index (χ2v) is 8.47. The van der Waals surface area contributed by atoms with Crippen LogP contribution < -0.4 is 0 Å².